The van der Waals surface area contributed by atoms with E-state index in [1.807, 2.05) is 6.92 Å². The van der Waals surface area contributed by atoms with Crippen LogP contribution in [0.3, 0.4) is 0 Å². The Morgan fingerprint density at radius 3 is 2.67 bits per heavy atom. The Bertz CT molecular complexity index is 286. The lowest BCUT2D eigenvalue weighted by Gasteiger charge is -2.31. The van der Waals surface area contributed by atoms with Crippen molar-refractivity contribution in [2.24, 2.45) is 17.8 Å². The van der Waals surface area contributed by atoms with Gasteiger partial charge in [-0.15, -0.1) is 0 Å². The van der Waals surface area contributed by atoms with Crippen molar-refractivity contribution >= 4 is 6.29 Å². The van der Waals surface area contributed by atoms with Gasteiger partial charge in [-0.3, -0.25) is 4.79 Å². The molecule has 1 aliphatic rings. The Morgan fingerprint density at radius 2 is 2.20 bits per heavy atom. The van der Waals surface area contributed by atoms with Crippen LogP contribution in [0.2, 0.25) is 0 Å². The third-order valence-corrected chi connectivity index (χ3v) is 3.42. The molecule has 0 N–H and O–H groups in total. The molecule has 0 aromatic rings. The molecule has 0 aromatic carbocycles. The summed E-state index contributed by atoms with van der Waals surface area (Å²) >= 11 is 0. The van der Waals surface area contributed by atoms with Gasteiger partial charge in [0, 0.05) is 0 Å². The summed E-state index contributed by atoms with van der Waals surface area (Å²) in [6.45, 7) is 8.78. The van der Waals surface area contributed by atoms with Crippen molar-refractivity contribution in [3.8, 4) is 0 Å². The molecule has 0 fully saturated rings. The van der Waals surface area contributed by atoms with Crippen LogP contribution >= 0.6 is 0 Å². The monoisotopic (exact) mass is 206 g/mol. The molecule has 84 valence electrons. The fourth-order valence-electron chi connectivity index (χ4n) is 2.59. The van der Waals surface area contributed by atoms with Gasteiger partial charge in [-0.1, -0.05) is 38.5 Å². The Labute approximate surface area is 93.3 Å². The average Bonchev–Trinajstić information content (AvgIpc) is 2.17. The summed E-state index contributed by atoms with van der Waals surface area (Å²) in [6.07, 6.45) is 7.55. The van der Waals surface area contributed by atoms with Crippen LogP contribution in [0.25, 0.3) is 0 Å². The minimum absolute atomic E-state index is 0.536. The second kappa shape index (κ2) is 5.29. The summed E-state index contributed by atoms with van der Waals surface area (Å²) in [4.78, 5) is 10.8. The van der Waals surface area contributed by atoms with Crippen LogP contribution in [0.4, 0.5) is 0 Å². The molecule has 0 aliphatic heterocycles. The van der Waals surface area contributed by atoms with Crippen molar-refractivity contribution in [3.05, 3.63) is 23.3 Å². The van der Waals surface area contributed by atoms with Crippen LogP contribution in [-0.4, -0.2) is 6.29 Å². The van der Waals surface area contributed by atoms with Gasteiger partial charge in [-0.25, -0.2) is 0 Å². The lowest BCUT2D eigenvalue weighted by molar-refractivity contribution is -0.105. The molecule has 0 amide bonds. The standard InChI is InChI=1S/C14H22O/c1-5-13(9-15)8-14-11(3)6-10(2)7-12(14)4/h6,8-9,11-12,14H,5,7H2,1-4H3/b13-8+. The minimum Gasteiger partial charge on any atom is -0.298 e. The molecule has 3 unspecified atom stereocenters. The lowest BCUT2D eigenvalue weighted by Crippen LogP contribution is -2.21. The molecule has 1 rings (SSSR count). The highest BCUT2D eigenvalue weighted by atomic mass is 16.1. The first-order valence-electron chi connectivity index (χ1n) is 5.91. The van der Waals surface area contributed by atoms with Crippen LogP contribution in [0.1, 0.15) is 40.5 Å². The number of hydrogen-bond donors (Lipinski definition) is 0. The molecule has 0 saturated heterocycles. The summed E-state index contributed by atoms with van der Waals surface area (Å²) in [5.74, 6) is 1.76. The Kier molecular flexibility index (Phi) is 4.31. The zero-order valence-electron chi connectivity index (χ0n) is 10.3. The minimum atomic E-state index is 0.536. The quantitative estimate of drug-likeness (QED) is 0.390. The number of rotatable bonds is 3. The number of carbonyl (C=O) groups is 1. The molecule has 1 nitrogen and oxygen atoms in total. The zero-order chi connectivity index (χ0) is 11.4. The summed E-state index contributed by atoms with van der Waals surface area (Å²) in [6, 6.07) is 0. The highest BCUT2D eigenvalue weighted by Gasteiger charge is 2.24. The van der Waals surface area contributed by atoms with Crippen LogP contribution in [0.15, 0.2) is 23.3 Å². The molecule has 0 spiro atoms. The number of carbonyl (C=O) groups excluding carboxylic acids is 1. The van der Waals surface area contributed by atoms with Crippen LogP contribution in [-0.2, 0) is 4.79 Å². The second-order valence-corrected chi connectivity index (χ2v) is 4.84. The SMILES string of the molecule is CC/C(C=O)=C\C1C(C)C=C(C)CC1C. The van der Waals surface area contributed by atoms with Crippen LogP contribution in [0.5, 0.6) is 0 Å². The molecular weight excluding hydrogens is 184 g/mol. The molecule has 0 bridgehead atoms. The largest absolute Gasteiger partial charge is 0.298 e. The van der Waals surface area contributed by atoms with Crippen molar-refractivity contribution in [1.82, 2.24) is 0 Å². The van der Waals surface area contributed by atoms with E-state index in [9.17, 15) is 4.79 Å². The van der Waals surface area contributed by atoms with Gasteiger partial charge in [0.2, 0.25) is 0 Å². The van der Waals surface area contributed by atoms with Gasteiger partial charge in [0.25, 0.3) is 0 Å². The fraction of sp³-hybridized carbons (Fsp3) is 0.643. The van der Waals surface area contributed by atoms with Gasteiger partial charge in [0.15, 0.2) is 0 Å². The lowest BCUT2D eigenvalue weighted by atomic mass is 9.74. The smallest absolute Gasteiger partial charge is 0.145 e. The summed E-state index contributed by atoms with van der Waals surface area (Å²) < 4.78 is 0. The van der Waals surface area contributed by atoms with Gasteiger partial charge in [-0.05, 0) is 43.1 Å². The van der Waals surface area contributed by atoms with Crippen molar-refractivity contribution < 1.29 is 4.79 Å². The average molecular weight is 206 g/mol. The van der Waals surface area contributed by atoms with Crippen molar-refractivity contribution in [1.29, 1.82) is 0 Å². The highest BCUT2D eigenvalue weighted by Crippen LogP contribution is 2.34. The van der Waals surface area contributed by atoms with E-state index in [1.165, 1.54) is 12.0 Å². The first-order valence-corrected chi connectivity index (χ1v) is 5.91. The maximum absolute atomic E-state index is 10.8. The van der Waals surface area contributed by atoms with Crippen molar-refractivity contribution in [3.63, 3.8) is 0 Å². The predicted molar refractivity (Wildman–Crippen MR) is 64.6 cm³/mol. The number of aldehydes is 1. The third kappa shape index (κ3) is 3.05. The molecule has 1 aliphatic carbocycles. The predicted octanol–water partition coefficient (Wildman–Crippen LogP) is 3.76. The normalized spacial score (nSPS) is 32.4. The molecule has 1 heteroatoms. The topological polar surface area (TPSA) is 17.1 Å². The summed E-state index contributed by atoms with van der Waals surface area (Å²) in [7, 11) is 0. The van der Waals surface area contributed by atoms with Gasteiger partial charge < -0.3 is 0 Å². The number of allylic oxidation sites excluding steroid dienone is 4. The molecule has 3 atom stereocenters. The molecule has 0 heterocycles. The van der Waals surface area contributed by atoms with E-state index < -0.39 is 0 Å². The molecule has 0 radical (unpaired) electrons. The molecule has 15 heavy (non-hydrogen) atoms. The summed E-state index contributed by atoms with van der Waals surface area (Å²) in [5.41, 5.74) is 2.44. The van der Waals surface area contributed by atoms with E-state index in [0.29, 0.717) is 17.8 Å². The molecular formula is C14H22O. The molecule has 0 aromatic heterocycles. The zero-order valence-corrected chi connectivity index (χ0v) is 10.3. The van der Waals surface area contributed by atoms with Crippen LogP contribution < -0.4 is 0 Å². The molecule has 0 saturated carbocycles. The van der Waals surface area contributed by atoms with Gasteiger partial charge in [0.05, 0.1) is 0 Å². The van der Waals surface area contributed by atoms with E-state index in [4.69, 9.17) is 0 Å². The van der Waals surface area contributed by atoms with E-state index in [1.54, 1.807) is 0 Å². The maximum Gasteiger partial charge on any atom is 0.145 e. The highest BCUT2D eigenvalue weighted by molar-refractivity contribution is 5.73. The van der Waals surface area contributed by atoms with Crippen molar-refractivity contribution in [2.75, 3.05) is 0 Å². The first kappa shape index (κ1) is 12.2. The third-order valence-electron chi connectivity index (χ3n) is 3.42. The van der Waals surface area contributed by atoms with E-state index in [0.717, 1.165) is 18.3 Å². The number of hydrogen-bond acceptors (Lipinski definition) is 1. The summed E-state index contributed by atoms with van der Waals surface area (Å²) in [5, 5.41) is 0. The second-order valence-electron chi connectivity index (χ2n) is 4.84. The van der Waals surface area contributed by atoms with Crippen LogP contribution in [0, 0.1) is 17.8 Å². The maximum atomic E-state index is 10.8. The Morgan fingerprint density at radius 1 is 1.53 bits per heavy atom. The van der Waals surface area contributed by atoms with Gasteiger partial charge >= 0.3 is 0 Å². The van der Waals surface area contributed by atoms with Gasteiger partial charge in [-0.2, -0.15) is 0 Å². The van der Waals surface area contributed by atoms with E-state index >= 15 is 0 Å². The van der Waals surface area contributed by atoms with E-state index in [2.05, 4.69) is 32.9 Å². The fourth-order valence-corrected chi connectivity index (χ4v) is 2.59. The Hall–Kier alpha value is -0.850. The van der Waals surface area contributed by atoms with Gasteiger partial charge in [0.1, 0.15) is 6.29 Å². The Balaban J connectivity index is 2.86. The van der Waals surface area contributed by atoms with Crippen molar-refractivity contribution in [2.45, 2.75) is 40.5 Å². The van der Waals surface area contributed by atoms with E-state index in [-0.39, 0.29) is 0 Å². The first-order chi connectivity index (χ1) is 7.08.